The second-order valence-corrected chi connectivity index (χ2v) is 8.72. The molecule has 0 aromatic heterocycles. The Bertz CT molecular complexity index is 1170. The molecule has 3 rings (SSSR count). The summed E-state index contributed by atoms with van der Waals surface area (Å²) < 4.78 is 26.3. The van der Waals surface area contributed by atoms with Gasteiger partial charge >= 0.3 is 0 Å². The van der Waals surface area contributed by atoms with Crippen molar-refractivity contribution in [1.29, 1.82) is 0 Å². The average Bonchev–Trinajstić information content (AvgIpc) is 2.82. The Morgan fingerprint density at radius 2 is 1.59 bits per heavy atom. The molecule has 0 aliphatic carbocycles. The molecule has 176 valence electrons. The lowest BCUT2D eigenvalue weighted by atomic mass is 10.1. The molecular weight excluding hydrogens is 460 g/mol. The molecule has 3 N–H and O–H groups in total. The molecule has 0 aliphatic rings. The number of rotatable bonds is 9. The van der Waals surface area contributed by atoms with Gasteiger partial charge in [0.05, 0.1) is 11.0 Å². The summed E-state index contributed by atoms with van der Waals surface area (Å²) in [5, 5.41) is 7.67. The minimum absolute atomic E-state index is 0.0631. The first-order chi connectivity index (χ1) is 16.3. The molecule has 6 nitrogen and oxygen atoms in total. The summed E-state index contributed by atoms with van der Waals surface area (Å²) in [7, 11) is 0. The number of thioether (sulfide) groups is 1. The smallest absolute Gasteiger partial charge is 0.255 e. The van der Waals surface area contributed by atoms with E-state index >= 15 is 0 Å². The number of carbonyl (C=O) groups is 3. The first-order valence-corrected chi connectivity index (χ1v) is 11.5. The van der Waals surface area contributed by atoms with Crippen LogP contribution in [-0.2, 0) is 16.1 Å². The Morgan fingerprint density at radius 3 is 2.32 bits per heavy atom. The molecule has 1 atom stereocenters. The highest BCUT2D eigenvalue weighted by Gasteiger charge is 2.15. The predicted octanol–water partition coefficient (Wildman–Crippen LogP) is 4.59. The van der Waals surface area contributed by atoms with Crippen LogP contribution in [-0.4, -0.2) is 28.7 Å². The number of amides is 3. The van der Waals surface area contributed by atoms with E-state index < -0.39 is 22.8 Å². The maximum Gasteiger partial charge on any atom is 0.255 e. The molecular formula is C25H23F2N3O3S. The molecule has 3 aromatic carbocycles. The van der Waals surface area contributed by atoms with Crippen LogP contribution < -0.4 is 16.0 Å². The summed E-state index contributed by atoms with van der Waals surface area (Å²) >= 11 is 1.17. The highest BCUT2D eigenvalue weighted by atomic mass is 32.2. The second-order valence-electron chi connectivity index (χ2n) is 7.39. The van der Waals surface area contributed by atoms with E-state index in [1.54, 1.807) is 31.2 Å². The predicted molar refractivity (Wildman–Crippen MR) is 130 cm³/mol. The number of nitrogens with one attached hydrogen (secondary N) is 3. The number of benzene rings is 3. The van der Waals surface area contributed by atoms with Crippen molar-refractivity contribution in [3.8, 4) is 0 Å². The van der Waals surface area contributed by atoms with Gasteiger partial charge in [-0.25, -0.2) is 8.78 Å². The third kappa shape index (κ3) is 7.70. The van der Waals surface area contributed by atoms with Crippen molar-refractivity contribution < 1.29 is 23.2 Å². The average molecular weight is 484 g/mol. The number of hydrogen-bond donors (Lipinski definition) is 3. The van der Waals surface area contributed by atoms with Crippen LogP contribution in [0.5, 0.6) is 0 Å². The molecule has 34 heavy (non-hydrogen) atoms. The van der Waals surface area contributed by atoms with Gasteiger partial charge in [-0.2, -0.15) is 0 Å². The van der Waals surface area contributed by atoms with E-state index in [0.717, 1.165) is 11.6 Å². The number of anilines is 2. The fourth-order valence-electron chi connectivity index (χ4n) is 2.93. The lowest BCUT2D eigenvalue weighted by Gasteiger charge is -2.13. The summed E-state index contributed by atoms with van der Waals surface area (Å²) in [5.74, 6) is -1.80. The van der Waals surface area contributed by atoms with Crippen molar-refractivity contribution in [3.05, 3.63) is 95.6 Å². The molecule has 0 saturated heterocycles. The second kappa shape index (κ2) is 11.9. The minimum Gasteiger partial charge on any atom is -0.351 e. The zero-order valence-corrected chi connectivity index (χ0v) is 19.1. The van der Waals surface area contributed by atoms with E-state index in [9.17, 15) is 23.2 Å². The van der Waals surface area contributed by atoms with Crippen LogP contribution in [0.3, 0.4) is 0 Å². The van der Waals surface area contributed by atoms with Crippen LogP contribution >= 0.6 is 11.8 Å². The van der Waals surface area contributed by atoms with E-state index in [1.165, 1.54) is 54.2 Å². The highest BCUT2D eigenvalue weighted by Crippen LogP contribution is 2.15. The fraction of sp³-hybridized carbons (Fsp3) is 0.160. The van der Waals surface area contributed by atoms with E-state index in [2.05, 4.69) is 16.0 Å². The van der Waals surface area contributed by atoms with Gasteiger partial charge < -0.3 is 16.0 Å². The van der Waals surface area contributed by atoms with Crippen molar-refractivity contribution in [2.45, 2.75) is 18.7 Å². The number of carbonyl (C=O) groups excluding carboxylic acids is 3. The maximum atomic E-state index is 13.3. The van der Waals surface area contributed by atoms with E-state index in [-0.39, 0.29) is 29.7 Å². The minimum atomic E-state index is -0.496. The molecule has 0 radical (unpaired) electrons. The van der Waals surface area contributed by atoms with Crippen molar-refractivity contribution >= 4 is 40.9 Å². The van der Waals surface area contributed by atoms with Crippen molar-refractivity contribution in [2.24, 2.45) is 0 Å². The molecule has 0 spiro atoms. The van der Waals surface area contributed by atoms with Crippen molar-refractivity contribution in [1.82, 2.24) is 5.32 Å². The third-order valence-electron chi connectivity index (χ3n) is 4.70. The zero-order valence-electron chi connectivity index (χ0n) is 18.3. The summed E-state index contributed by atoms with van der Waals surface area (Å²) in [6.45, 7) is 1.93. The Morgan fingerprint density at radius 1 is 0.853 bits per heavy atom. The summed E-state index contributed by atoms with van der Waals surface area (Å²) in [5.41, 5.74) is 1.96. The van der Waals surface area contributed by atoms with Gasteiger partial charge in [-0.05, 0) is 67.1 Å². The molecule has 3 aromatic rings. The third-order valence-corrected chi connectivity index (χ3v) is 5.84. The molecule has 0 aliphatic heterocycles. The maximum absolute atomic E-state index is 13.3. The summed E-state index contributed by atoms with van der Waals surface area (Å²) in [6, 6.07) is 17.8. The monoisotopic (exact) mass is 483 g/mol. The highest BCUT2D eigenvalue weighted by molar-refractivity contribution is 8.01. The quantitative estimate of drug-likeness (QED) is 0.415. The van der Waals surface area contributed by atoms with E-state index in [4.69, 9.17) is 0 Å². The Hall–Kier alpha value is -3.72. The van der Waals surface area contributed by atoms with Crippen LogP contribution in [0.15, 0.2) is 72.8 Å². The van der Waals surface area contributed by atoms with Gasteiger partial charge in [0.25, 0.3) is 5.91 Å². The van der Waals surface area contributed by atoms with Gasteiger partial charge in [-0.3, -0.25) is 14.4 Å². The van der Waals surface area contributed by atoms with Gasteiger partial charge in [-0.15, -0.1) is 11.8 Å². The largest absolute Gasteiger partial charge is 0.351 e. The lowest BCUT2D eigenvalue weighted by Crippen LogP contribution is -2.31. The standard InChI is InChI=1S/C25H23F2N3O3S/c1-16(34-15-23(31)29-21-10-8-19(26)9-11-21)24(32)28-14-17-4-2-7-22(12-17)30-25(33)18-5-3-6-20(27)13-18/h2-13,16H,14-15H2,1H3,(H,28,32)(H,29,31)(H,30,33). The number of halogens is 2. The Labute approximate surface area is 200 Å². The van der Waals surface area contributed by atoms with E-state index in [0.29, 0.717) is 11.4 Å². The summed E-state index contributed by atoms with van der Waals surface area (Å²) in [6.07, 6.45) is 0. The summed E-state index contributed by atoms with van der Waals surface area (Å²) in [4.78, 5) is 36.7. The fourth-order valence-corrected chi connectivity index (χ4v) is 3.64. The first kappa shape index (κ1) is 24.9. The lowest BCUT2D eigenvalue weighted by molar-refractivity contribution is -0.120. The topological polar surface area (TPSA) is 87.3 Å². The van der Waals surface area contributed by atoms with E-state index in [1.807, 2.05) is 0 Å². The molecule has 0 heterocycles. The molecule has 0 saturated carbocycles. The van der Waals surface area contributed by atoms with Gasteiger partial charge in [-0.1, -0.05) is 18.2 Å². The van der Waals surface area contributed by atoms with Gasteiger partial charge in [0.1, 0.15) is 11.6 Å². The molecule has 3 amide bonds. The van der Waals surface area contributed by atoms with Gasteiger partial charge in [0, 0.05) is 23.5 Å². The van der Waals surface area contributed by atoms with Crippen LogP contribution in [0.1, 0.15) is 22.8 Å². The van der Waals surface area contributed by atoms with Crippen molar-refractivity contribution in [3.63, 3.8) is 0 Å². The van der Waals surface area contributed by atoms with Crippen LogP contribution in [0, 0.1) is 11.6 Å². The SMILES string of the molecule is CC(SCC(=O)Nc1ccc(F)cc1)C(=O)NCc1cccc(NC(=O)c2cccc(F)c2)c1. The van der Waals surface area contributed by atoms with Crippen LogP contribution in [0.25, 0.3) is 0 Å². The normalized spacial score (nSPS) is 11.4. The molecule has 0 fully saturated rings. The Kier molecular flexibility index (Phi) is 8.75. The Balaban J connectivity index is 1.45. The first-order valence-electron chi connectivity index (χ1n) is 10.4. The molecule has 1 unspecified atom stereocenters. The van der Waals surface area contributed by atoms with Crippen molar-refractivity contribution in [2.75, 3.05) is 16.4 Å². The zero-order chi connectivity index (χ0) is 24.5. The molecule has 9 heteroatoms. The van der Waals surface area contributed by atoms with Gasteiger partial charge in [0.2, 0.25) is 11.8 Å². The molecule has 0 bridgehead atoms. The van der Waals surface area contributed by atoms with Gasteiger partial charge in [0.15, 0.2) is 0 Å². The number of hydrogen-bond acceptors (Lipinski definition) is 4. The van der Waals surface area contributed by atoms with Crippen LogP contribution in [0.2, 0.25) is 0 Å². The van der Waals surface area contributed by atoms with Crippen LogP contribution in [0.4, 0.5) is 20.2 Å².